The molecule has 0 bridgehead atoms. The molecule has 5 atom stereocenters. The Hall–Kier alpha value is -0.250. The van der Waals surface area contributed by atoms with E-state index in [1.165, 1.54) is 6.26 Å². The van der Waals surface area contributed by atoms with Gasteiger partial charge >= 0.3 is 0 Å². The standard InChI is InChI=1S/C14H24O7S/c1-13(2)17-6-8-10(19-13)12-11(20-14(3,4)21-12)9(18-8)7-22(5,15)16/h8-12H,6-7H2,1-5H3/t8-,9+,10-,11-,12+/m1/s1. The van der Waals surface area contributed by atoms with Crippen LogP contribution in [0.5, 0.6) is 0 Å². The molecule has 3 rings (SSSR count). The molecule has 128 valence electrons. The molecule has 0 saturated carbocycles. The van der Waals surface area contributed by atoms with Gasteiger partial charge in [-0.25, -0.2) is 8.42 Å². The van der Waals surface area contributed by atoms with Crippen LogP contribution in [0.15, 0.2) is 0 Å². The molecular formula is C14H24O7S. The van der Waals surface area contributed by atoms with Crippen molar-refractivity contribution in [3.05, 3.63) is 0 Å². The lowest BCUT2D eigenvalue weighted by Crippen LogP contribution is -2.64. The second-order valence-electron chi connectivity index (χ2n) is 7.16. The van der Waals surface area contributed by atoms with Crippen LogP contribution >= 0.6 is 0 Å². The van der Waals surface area contributed by atoms with Crippen LogP contribution in [0.25, 0.3) is 0 Å². The molecule has 0 amide bonds. The molecule has 3 saturated heterocycles. The minimum Gasteiger partial charge on any atom is -0.366 e. The highest BCUT2D eigenvalue weighted by molar-refractivity contribution is 7.90. The van der Waals surface area contributed by atoms with Crippen LogP contribution in [0.2, 0.25) is 0 Å². The van der Waals surface area contributed by atoms with Crippen molar-refractivity contribution in [3.8, 4) is 0 Å². The van der Waals surface area contributed by atoms with Gasteiger partial charge in [-0.05, 0) is 27.7 Å². The Morgan fingerprint density at radius 1 is 0.955 bits per heavy atom. The first-order chi connectivity index (χ1) is 9.96. The van der Waals surface area contributed by atoms with E-state index >= 15 is 0 Å². The van der Waals surface area contributed by atoms with E-state index in [0.29, 0.717) is 6.61 Å². The maximum atomic E-state index is 11.7. The van der Waals surface area contributed by atoms with E-state index in [1.807, 2.05) is 27.7 Å². The first-order valence-electron chi connectivity index (χ1n) is 7.46. The van der Waals surface area contributed by atoms with Crippen molar-refractivity contribution < 1.29 is 32.1 Å². The molecule has 3 aliphatic rings. The number of ether oxygens (including phenoxy) is 5. The molecular weight excluding hydrogens is 312 g/mol. The summed E-state index contributed by atoms with van der Waals surface area (Å²) in [5.41, 5.74) is 0. The summed E-state index contributed by atoms with van der Waals surface area (Å²) in [5, 5.41) is 0. The van der Waals surface area contributed by atoms with E-state index in [2.05, 4.69) is 0 Å². The number of sulfone groups is 1. The van der Waals surface area contributed by atoms with E-state index < -0.39 is 33.6 Å². The van der Waals surface area contributed by atoms with Crippen molar-refractivity contribution in [3.63, 3.8) is 0 Å². The van der Waals surface area contributed by atoms with Crippen LogP contribution in [0.4, 0.5) is 0 Å². The van der Waals surface area contributed by atoms with E-state index in [-0.39, 0.29) is 24.1 Å². The molecule has 7 nitrogen and oxygen atoms in total. The molecule has 0 aliphatic carbocycles. The second kappa shape index (κ2) is 5.12. The quantitative estimate of drug-likeness (QED) is 0.725. The van der Waals surface area contributed by atoms with Crippen molar-refractivity contribution in [2.75, 3.05) is 18.6 Å². The summed E-state index contributed by atoms with van der Waals surface area (Å²) in [6.45, 7) is 7.62. The van der Waals surface area contributed by atoms with Crippen LogP contribution in [-0.4, -0.2) is 69.1 Å². The first kappa shape index (κ1) is 16.6. The fourth-order valence-corrected chi connectivity index (χ4v) is 4.17. The zero-order chi connectivity index (χ0) is 16.3. The highest BCUT2D eigenvalue weighted by atomic mass is 32.2. The molecule has 0 aromatic carbocycles. The molecule has 3 heterocycles. The average molecular weight is 336 g/mol. The minimum absolute atomic E-state index is 0.111. The van der Waals surface area contributed by atoms with Crippen molar-refractivity contribution in [1.82, 2.24) is 0 Å². The van der Waals surface area contributed by atoms with E-state index in [9.17, 15) is 8.42 Å². The average Bonchev–Trinajstić information content (AvgIpc) is 2.64. The molecule has 0 spiro atoms. The fraction of sp³-hybridized carbons (Fsp3) is 1.00. The highest BCUT2D eigenvalue weighted by Crippen LogP contribution is 2.42. The van der Waals surface area contributed by atoms with Gasteiger partial charge in [0.15, 0.2) is 11.6 Å². The number of fused-ring (bicyclic) bond motifs is 3. The van der Waals surface area contributed by atoms with E-state index in [4.69, 9.17) is 23.7 Å². The summed E-state index contributed by atoms with van der Waals surface area (Å²) >= 11 is 0. The Labute approximate surface area is 131 Å². The van der Waals surface area contributed by atoms with Crippen molar-refractivity contribution >= 4 is 9.84 Å². The van der Waals surface area contributed by atoms with Gasteiger partial charge in [0.05, 0.1) is 12.4 Å². The first-order valence-corrected chi connectivity index (χ1v) is 9.52. The molecule has 3 aliphatic heterocycles. The molecule has 8 heteroatoms. The number of rotatable bonds is 2. The number of hydrogen-bond donors (Lipinski definition) is 0. The van der Waals surface area contributed by atoms with Crippen LogP contribution in [0, 0.1) is 0 Å². The Balaban J connectivity index is 1.87. The maximum Gasteiger partial charge on any atom is 0.164 e. The molecule has 22 heavy (non-hydrogen) atoms. The minimum atomic E-state index is -3.20. The molecule has 0 unspecified atom stereocenters. The van der Waals surface area contributed by atoms with Crippen molar-refractivity contribution in [1.29, 1.82) is 0 Å². The lowest BCUT2D eigenvalue weighted by molar-refractivity contribution is -0.346. The predicted molar refractivity (Wildman–Crippen MR) is 77.1 cm³/mol. The Bertz CT molecular complexity index is 541. The lowest BCUT2D eigenvalue weighted by Gasteiger charge is -2.48. The molecule has 0 aromatic heterocycles. The van der Waals surface area contributed by atoms with Gasteiger partial charge in [0, 0.05) is 6.26 Å². The van der Waals surface area contributed by atoms with Crippen molar-refractivity contribution in [2.45, 2.75) is 69.8 Å². The summed E-state index contributed by atoms with van der Waals surface area (Å²) in [7, 11) is -3.20. The monoisotopic (exact) mass is 336 g/mol. The summed E-state index contributed by atoms with van der Waals surface area (Å²) < 4.78 is 52.7. The van der Waals surface area contributed by atoms with Crippen LogP contribution < -0.4 is 0 Å². The summed E-state index contributed by atoms with van der Waals surface area (Å²) in [6.07, 6.45) is -0.945. The third-order valence-electron chi connectivity index (χ3n) is 4.05. The largest absolute Gasteiger partial charge is 0.366 e. The zero-order valence-electron chi connectivity index (χ0n) is 13.6. The van der Waals surface area contributed by atoms with Crippen LogP contribution in [0.1, 0.15) is 27.7 Å². The van der Waals surface area contributed by atoms with Crippen LogP contribution in [0.3, 0.4) is 0 Å². The van der Waals surface area contributed by atoms with Crippen LogP contribution in [-0.2, 0) is 33.5 Å². The third kappa shape index (κ3) is 3.32. The Morgan fingerprint density at radius 3 is 2.18 bits per heavy atom. The molecule has 0 N–H and O–H groups in total. The normalized spacial score (nSPS) is 43.4. The van der Waals surface area contributed by atoms with Gasteiger partial charge < -0.3 is 23.7 Å². The topological polar surface area (TPSA) is 80.3 Å². The maximum absolute atomic E-state index is 11.7. The van der Waals surface area contributed by atoms with E-state index in [0.717, 1.165) is 0 Å². The predicted octanol–water partition coefficient (Wildman–Crippen LogP) is 0.470. The summed E-state index contributed by atoms with van der Waals surface area (Å²) in [4.78, 5) is 0. The van der Waals surface area contributed by atoms with Gasteiger partial charge in [0.2, 0.25) is 0 Å². The smallest absolute Gasteiger partial charge is 0.164 e. The second-order valence-corrected chi connectivity index (χ2v) is 9.35. The Morgan fingerprint density at radius 2 is 1.55 bits per heavy atom. The molecule has 3 fully saturated rings. The van der Waals surface area contributed by atoms with Crippen molar-refractivity contribution in [2.24, 2.45) is 0 Å². The molecule has 0 aromatic rings. The van der Waals surface area contributed by atoms with Gasteiger partial charge in [-0.2, -0.15) is 0 Å². The Kier molecular flexibility index (Phi) is 3.87. The van der Waals surface area contributed by atoms with Gasteiger partial charge in [-0.15, -0.1) is 0 Å². The number of hydrogen-bond acceptors (Lipinski definition) is 7. The zero-order valence-corrected chi connectivity index (χ0v) is 14.4. The fourth-order valence-electron chi connectivity index (χ4n) is 3.30. The molecule has 0 radical (unpaired) electrons. The highest BCUT2D eigenvalue weighted by Gasteiger charge is 2.58. The summed E-state index contributed by atoms with van der Waals surface area (Å²) in [5.74, 6) is -1.63. The SMILES string of the molecule is CC1(C)O[C@@H]2[C@H](O1)[C@H](CS(C)(=O)=O)O[C@@H]1COC(C)(C)O[C@@H]21. The van der Waals surface area contributed by atoms with Gasteiger partial charge in [-0.1, -0.05) is 0 Å². The van der Waals surface area contributed by atoms with Gasteiger partial charge in [0.25, 0.3) is 0 Å². The summed E-state index contributed by atoms with van der Waals surface area (Å²) in [6, 6.07) is 0. The van der Waals surface area contributed by atoms with Gasteiger partial charge in [-0.3, -0.25) is 0 Å². The van der Waals surface area contributed by atoms with Gasteiger partial charge in [0.1, 0.15) is 40.4 Å². The third-order valence-corrected chi connectivity index (χ3v) is 4.99. The lowest BCUT2D eigenvalue weighted by atomic mass is 9.94. The van der Waals surface area contributed by atoms with E-state index in [1.54, 1.807) is 0 Å².